The predicted molar refractivity (Wildman–Crippen MR) is 204 cm³/mol. The number of hydrogen-bond donors (Lipinski definition) is 2. The van der Waals surface area contributed by atoms with Crippen molar-refractivity contribution >= 4 is 22.9 Å². The highest BCUT2D eigenvalue weighted by Crippen LogP contribution is 2.49. The minimum Gasteiger partial charge on any atom is -0.497 e. The summed E-state index contributed by atoms with van der Waals surface area (Å²) in [5, 5.41) is 14.4. The van der Waals surface area contributed by atoms with E-state index < -0.39 is 36.1 Å². The molecule has 1 amide bonds. The van der Waals surface area contributed by atoms with Crippen LogP contribution in [0.25, 0.3) is 11.0 Å². The lowest BCUT2D eigenvalue weighted by Gasteiger charge is -2.51. The Bertz CT molecular complexity index is 1960. The first-order valence-electron chi connectivity index (χ1n) is 19.0. The lowest BCUT2D eigenvalue weighted by molar-refractivity contribution is -1.08. The standard InChI is InChI=1S/C40H54F2N5O9/c1-9-46(10-2,11-3)36(47(12-4,13-5)14-6)34-35(48)40(41,42)37(56-34)45-20-19-32(43-38(45)49)44-39(50)54-24-26-15-17-28(18-16-26)53-25-30-22-27-21-29(51-7)23-31(52-8)33(27)55-30/h15-23,34-35,37,48H,9-14,24-25H2,1-8H3,(H,43,44,49,50)/q+2/t34-,35+,37+/m0/s1. The zero-order valence-electron chi connectivity index (χ0n) is 33.3. The van der Waals surface area contributed by atoms with Crippen LogP contribution in [0, 0.1) is 6.17 Å². The molecule has 1 fully saturated rings. The van der Waals surface area contributed by atoms with Gasteiger partial charge in [0.1, 0.15) is 36.3 Å². The van der Waals surface area contributed by atoms with E-state index in [4.69, 9.17) is 28.1 Å². The maximum Gasteiger partial charge on any atom is 0.413 e. The number of ether oxygens (including phenoxy) is 5. The van der Waals surface area contributed by atoms with Crippen LogP contribution < -0.4 is 25.2 Å². The van der Waals surface area contributed by atoms with E-state index in [2.05, 4.69) is 10.3 Å². The second kappa shape index (κ2) is 17.6. The Morgan fingerprint density at radius 3 is 2.07 bits per heavy atom. The van der Waals surface area contributed by atoms with E-state index in [0.29, 0.717) is 93.1 Å². The largest absolute Gasteiger partial charge is 0.497 e. The molecule has 1 aliphatic rings. The lowest BCUT2D eigenvalue weighted by Crippen LogP contribution is -2.70. The summed E-state index contributed by atoms with van der Waals surface area (Å²) in [5.41, 5.74) is 0.135. The molecule has 5 rings (SSSR count). The highest BCUT2D eigenvalue weighted by Gasteiger charge is 2.70. The molecule has 4 aromatic rings. The number of rotatable bonds is 18. The summed E-state index contributed by atoms with van der Waals surface area (Å²) < 4.78 is 67.2. The second-order valence-electron chi connectivity index (χ2n) is 13.7. The fraction of sp³-hybridized carbons (Fsp3) is 0.500. The number of aliphatic hydroxyl groups is 1. The number of halogens is 2. The Morgan fingerprint density at radius 1 is 0.893 bits per heavy atom. The first-order valence-corrected chi connectivity index (χ1v) is 19.0. The van der Waals surface area contributed by atoms with E-state index in [1.807, 2.05) is 53.7 Å². The molecule has 3 atom stereocenters. The quantitative estimate of drug-likeness (QED) is 0.108. The van der Waals surface area contributed by atoms with Crippen molar-refractivity contribution in [3.63, 3.8) is 0 Å². The lowest BCUT2D eigenvalue weighted by atomic mass is 10.00. The minimum absolute atomic E-state index is 0.116. The smallest absolute Gasteiger partial charge is 0.413 e. The molecule has 305 valence electrons. The number of likely N-dealkylation sites (N-methyl/N-ethyl adjacent to an activating group) is 2. The fourth-order valence-corrected chi connectivity index (χ4v) is 7.68. The molecule has 3 heterocycles. The summed E-state index contributed by atoms with van der Waals surface area (Å²) in [7, 11) is 3.13. The summed E-state index contributed by atoms with van der Waals surface area (Å²) in [6.45, 7) is 15.7. The van der Waals surface area contributed by atoms with Gasteiger partial charge in [-0.1, -0.05) is 12.1 Å². The van der Waals surface area contributed by atoms with E-state index in [1.165, 1.54) is 6.07 Å². The van der Waals surface area contributed by atoms with Gasteiger partial charge in [-0.15, -0.1) is 0 Å². The Hall–Kier alpha value is -4.77. The Kier molecular flexibility index (Phi) is 13.3. The summed E-state index contributed by atoms with van der Waals surface area (Å²) in [5.74, 6) is -1.72. The molecule has 0 saturated carbocycles. The average Bonchev–Trinajstić information content (AvgIpc) is 3.73. The van der Waals surface area contributed by atoms with Gasteiger partial charge < -0.3 is 33.2 Å². The molecule has 2 N–H and O–H groups in total. The van der Waals surface area contributed by atoms with Gasteiger partial charge in [0, 0.05) is 17.6 Å². The monoisotopic (exact) mass is 786 g/mol. The number of aromatic nitrogens is 2. The van der Waals surface area contributed by atoms with Crippen LogP contribution in [0.3, 0.4) is 0 Å². The van der Waals surface area contributed by atoms with Gasteiger partial charge in [-0.3, -0.25) is 18.8 Å². The molecule has 1 aliphatic heterocycles. The first-order chi connectivity index (χ1) is 26.8. The molecular weight excluding hydrogens is 732 g/mol. The minimum atomic E-state index is -3.83. The van der Waals surface area contributed by atoms with Gasteiger partial charge in [0.2, 0.25) is 12.3 Å². The number of benzene rings is 2. The third kappa shape index (κ3) is 8.19. The van der Waals surface area contributed by atoms with Gasteiger partial charge in [0.25, 0.3) is 0 Å². The Balaban J connectivity index is 1.21. The third-order valence-corrected chi connectivity index (χ3v) is 11.2. The van der Waals surface area contributed by atoms with Crippen LogP contribution in [0.5, 0.6) is 17.2 Å². The molecule has 0 unspecified atom stereocenters. The number of anilines is 1. The van der Waals surface area contributed by atoms with Crippen LogP contribution >= 0.6 is 0 Å². The van der Waals surface area contributed by atoms with Crippen molar-refractivity contribution in [1.29, 1.82) is 0 Å². The molecular formula is C40H54F2N5O9+2. The first kappa shape index (κ1) is 42.4. The van der Waals surface area contributed by atoms with Gasteiger partial charge in [0.05, 0.1) is 53.5 Å². The molecule has 16 heteroatoms. The number of furan rings is 1. The number of methoxy groups -OCH3 is 2. The van der Waals surface area contributed by atoms with E-state index in [-0.39, 0.29) is 19.0 Å². The van der Waals surface area contributed by atoms with Crippen molar-refractivity contribution in [3.8, 4) is 17.2 Å². The van der Waals surface area contributed by atoms with E-state index in [0.717, 1.165) is 11.6 Å². The van der Waals surface area contributed by atoms with Gasteiger partial charge >= 0.3 is 23.9 Å². The molecule has 1 radical (unpaired) electrons. The summed E-state index contributed by atoms with van der Waals surface area (Å²) >= 11 is 0. The number of hydrogen-bond acceptors (Lipinski definition) is 10. The van der Waals surface area contributed by atoms with Crippen molar-refractivity contribution in [2.75, 3.05) is 58.8 Å². The number of carbonyl (C=O) groups excluding carboxylic acids is 1. The van der Waals surface area contributed by atoms with Crippen LogP contribution in [0.4, 0.5) is 19.4 Å². The fourth-order valence-electron chi connectivity index (χ4n) is 7.68. The Labute approximate surface area is 325 Å². The molecule has 2 aromatic heterocycles. The number of nitrogens with one attached hydrogen (secondary N) is 1. The number of quaternary nitrogens is 2. The van der Waals surface area contributed by atoms with Crippen LogP contribution in [0.1, 0.15) is 59.1 Å². The van der Waals surface area contributed by atoms with Crippen molar-refractivity contribution in [2.24, 2.45) is 0 Å². The third-order valence-electron chi connectivity index (χ3n) is 11.2. The highest BCUT2D eigenvalue weighted by molar-refractivity contribution is 5.85. The number of carbonyl (C=O) groups is 1. The zero-order valence-corrected chi connectivity index (χ0v) is 33.3. The summed E-state index contributed by atoms with van der Waals surface area (Å²) in [4.78, 5) is 29.6. The molecule has 0 spiro atoms. The van der Waals surface area contributed by atoms with Crippen LogP contribution in [-0.4, -0.2) is 101 Å². The van der Waals surface area contributed by atoms with Crippen LogP contribution in [-0.2, 0) is 22.7 Å². The number of nitrogens with zero attached hydrogens (tertiary/aromatic N) is 4. The van der Waals surface area contributed by atoms with Gasteiger partial charge in [0.15, 0.2) is 17.4 Å². The molecule has 1 saturated heterocycles. The van der Waals surface area contributed by atoms with Crippen molar-refractivity contribution in [1.82, 2.24) is 9.55 Å². The van der Waals surface area contributed by atoms with Gasteiger partial charge in [-0.25, -0.2) is 9.59 Å². The topological polar surface area (TPSA) is 144 Å². The van der Waals surface area contributed by atoms with Crippen molar-refractivity contribution < 1.29 is 55.7 Å². The number of aliphatic hydroxyl groups excluding tert-OH is 1. The normalized spacial score (nSPS) is 18.3. The summed E-state index contributed by atoms with van der Waals surface area (Å²) in [6.07, 6.45) is -4.88. The Morgan fingerprint density at radius 2 is 1.52 bits per heavy atom. The number of amides is 1. The van der Waals surface area contributed by atoms with Crippen molar-refractivity contribution in [3.05, 3.63) is 82.7 Å². The number of alkyl halides is 2. The second-order valence-corrected chi connectivity index (χ2v) is 13.7. The van der Waals surface area contributed by atoms with Gasteiger partial charge in [-0.2, -0.15) is 13.8 Å². The van der Waals surface area contributed by atoms with Crippen LogP contribution in [0.15, 0.2) is 63.9 Å². The van der Waals surface area contributed by atoms with E-state index in [9.17, 15) is 14.7 Å². The predicted octanol–water partition coefficient (Wildman–Crippen LogP) is 6.47. The average molecular weight is 787 g/mol. The summed E-state index contributed by atoms with van der Waals surface area (Å²) in [6, 6.07) is 13.5. The van der Waals surface area contributed by atoms with Crippen molar-refractivity contribution in [2.45, 2.75) is 79.1 Å². The number of fused-ring (bicyclic) bond motifs is 1. The highest BCUT2D eigenvalue weighted by atomic mass is 19.3. The molecule has 2 aromatic carbocycles. The van der Waals surface area contributed by atoms with Crippen LogP contribution in [0.2, 0.25) is 0 Å². The maximum atomic E-state index is 16.0. The van der Waals surface area contributed by atoms with E-state index in [1.54, 1.807) is 44.6 Å². The molecule has 0 bridgehead atoms. The van der Waals surface area contributed by atoms with E-state index >= 15 is 8.78 Å². The van der Waals surface area contributed by atoms with Gasteiger partial charge in [-0.05, 0) is 77.4 Å². The molecule has 14 nitrogen and oxygen atoms in total. The maximum absolute atomic E-state index is 16.0. The molecule has 0 aliphatic carbocycles. The molecule has 56 heavy (non-hydrogen) atoms. The zero-order chi connectivity index (χ0) is 40.8. The SMILES string of the molecule is CC[N+](CC)(CC)[C]([C@H]1O[C@@H](n2ccc(NC(=O)OCc3ccc(OCc4cc5cc(OC)cc(OC)c5o4)cc3)nc2=O)C(F)(F)[C@@H]1O)[N+](CC)(CC)CC.